The van der Waals surface area contributed by atoms with Crippen LogP contribution in [0.3, 0.4) is 0 Å². The minimum absolute atomic E-state index is 0.0713. The van der Waals surface area contributed by atoms with Crippen LogP contribution in [0.15, 0.2) is 61.2 Å². The quantitative estimate of drug-likeness (QED) is 0.176. The summed E-state index contributed by atoms with van der Waals surface area (Å²) in [5.74, 6) is -6.02. The van der Waals surface area contributed by atoms with Crippen molar-refractivity contribution in [1.82, 2.24) is 0 Å². The van der Waals surface area contributed by atoms with Gasteiger partial charge in [0.15, 0.2) is 17.5 Å². The Kier molecular flexibility index (Phi) is 6.29. The maximum Gasteiger partial charge on any atom is 0.343 e. The predicted molar refractivity (Wildman–Crippen MR) is 124 cm³/mol. The van der Waals surface area contributed by atoms with Crippen molar-refractivity contribution in [3.8, 4) is 17.2 Å². The lowest BCUT2D eigenvalue weighted by Gasteiger charge is -2.21. The molecular formula is C28H19F3O6. The molecule has 5 rings (SSSR count). The third kappa shape index (κ3) is 4.60. The zero-order valence-electron chi connectivity index (χ0n) is 19.3. The van der Waals surface area contributed by atoms with Crippen molar-refractivity contribution in [2.75, 3.05) is 0 Å². The maximum atomic E-state index is 13.6. The Balaban J connectivity index is 1.39. The van der Waals surface area contributed by atoms with Gasteiger partial charge in [-0.2, -0.15) is 0 Å². The van der Waals surface area contributed by atoms with Gasteiger partial charge in [0.25, 0.3) is 0 Å². The van der Waals surface area contributed by atoms with E-state index in [4.69, 9.17) is 14.2 Å². The fraction of sp³-hybridized carbons (Fsp3) is 0.179. The number of hydrogen-bond acceptors (Lipinski definition) is 6. The topological polar surface area (TPSA) is 78.9 Å². The molecule has 9 heteroatoms. The molecular weight excluding hydrogens is 489 g/mol. The van der Waals surface area contributed by atoms with Gasteiger partial charge in [0.1, 0.15) is 17.2 Å². The Hall–Kier alpha value is -4.40. The molecule has 0 aliphatic heterocycles. The van der Waals surface area contributed by atoms with Gasteiger partial charge < -0.3 is 14.2 Å². The zero-order chi connectivity index (χ0) is 26.3. The van der Waals surface area contributed by atoms with Gasteiger partial charge in [0.05, 0.1) is 11.1 Å². The van der Waals surface area contributed by atoms with Gasteiger partial charge >= 0.3 is 17.9 Å². The number of hydrogen-bond donors (Lipinski definition) is 0. The van der Waals surface area contributed by atoms with E-state index in [1.807, 2.05) is 0 Å². The Morgan fingerprint density at radius 1 is 0.757 bits per heavy atom. The molecule has 0 radical (unpaired) electrons. The first-order chi connectivity index (χ1) is 17.7. The minimum atomic E-state index is -1.67. The average Bonchev–Trinajstić information content (AvgIpc) is 3.51. The third-order valence-electron chi connectivity index (χ3n) is 6.56. The molecule has 0 aromatic heterocycles. The second kappa shape index (κ2) is 9.57. The van der Waals surface area contributed by atoms with Crippen LogP contribution >= 0.6 is 0 Å². The molecule has 2 unspecified atom stereocenters. The number of carbonyl (C=O) groups excluding carboxylic acids is 3. The lowest BCUT2D eigenvalue weighted by Crippen LogP contribution is -2.15. The Bertz CT molecular complexity index is 1420. The molecule has 1 saturated carbocycles. The van der Waals surface area contributed by atoms with Gasteiger partial charge in [-0.15, -0.1) is 0 Å². The van der Waals surface area contributed by atoms with Crippen LogP contribution in [0.25, 0.3) is 0 Å². The van der Waals surface area contributed by atoms with Gasteiger partial charge in [-0.05, 0) is 79.6 Å². The van der Waals surface area contributed by atoms with E-state index in [-0.39, 0.29) is 28.9 Å². The van der Waals surface area contributed by atoms with Crippen molar-refractivity contribution in [3.05, 3.63) is 101 Å². The monoisotopic (exact) mass is 508 g/mol. The second-order valence-corrected chi connectivity index (χ2v) is 8.78. The van der Waals surface area contributed by atoms with Crippen molar-refractivity contribution < 1.29 is 41.8 Å². The van der Waals surface area contributed by atoms with E-state index < -0.39 is 40.9 Å². The number of ether oxygens (including phenoxy) is 3. The highest BCUT2D eigenvalue weighted by Gasteiger charge is 2.42. The molecule has 2 atom stereocenters. The molecule has 0 amide bonds. The van der Waals surface area contributed by atoms with E-state index in [0.29, 0.717) is 23.4 Å². The first-order valence-electron chi connectivity index (χ1n) is 11.4. The van der Waals surface area contributed by atoms with Gasteiger partial charge in [-0.25, -0.2) is 27.6 Å². The number of carbonyl (C=O) groups is 3. The summed E-state index contributed by atoms with van der Waals surface area (Å²) in [6.45, 7) is 3.32. The van der Waals surface area contributed by atoms with Crippen LogP contribution in [-0.4, -0.2) is 17.9 Å². The van der Waals surface area contributed by atoms with Gasteiger partial charge in [-0.3, -0.25) is 0 Å². The van der Waals surface area contributed by atoms with Crippen molar-refractivity contribution >= 4 is 17.9 Å². The molecule has 0 saturated heterocycles. The highest BCUT2D eigenvalue weighted by Crippen LogP contribution is 2.58. The molecule has 3 aromatic carbocycles. The number of benzene rings is 3. The van der Waals surface area contributed by atoms with Crippen LogP contribution in [0.5, 0.6) is 17.2 Å². The summed E-state index contributed by atoms with van der Waals surface area (Å²) in [5.41, 5.74) is 1.23. The summed E-state index contributed by atoms with van der Waals surface area (Å²) in [7, 11) is 0. The molecule has 2 aliphatic carbocycles. The Morgan fingerprint density at radius 3 is 1.78 bits per heavy atom. The average molecular weight is 508 g/mol. The molecule has 2 bridgehead atoms. The van der Waals surface area contributed by atoms with E-state index in [1.54, 1.807) is 0 Å². The van der Waals surface area contributed by atoms with E-state index in [1.165, 1.54) is 36.4 Å². The van der Waals surface area contributed by atoms with Crippen LogP contribution in [0.2, 0.25) is 0 Å². The lowest BCUT2D eigenvalue weighted by atomic mass is 9.90. The SMILES string of the molecule is C=CC(=O)Oc1ccc(C(=O)Oc2ccc(OC(=O)c3cc(F)c(F)c(F)c3)c3c2C2CCC3C2)cc1. The number of halogens is 3. The predicted octanol–water partition coefficient (Wildman–Crippen LogP) is 6.00. The van der Waals surface area contributed by atoms with Crippen molar-refractivity contribution in [3.63, 3.8) is 0 Å². The highest BCUT2D eigenvalue weighted by molar-refractivity contribution is 5.93. The summed E-state index contributed by atoms with van der Waals surface area (Å²) in [5, 5.41) is 0. The second-order valence-electron chi connectivity index (χ2n) is 8.78. The van der Waals surface area contributed by atoms with Crippen LogP contribution in [0.4, 0.5) is 13.2 Å². The Morgan fingerprint density at radius 2 is 1.27 bits per heavy atom. The van der Waals surface area contributed by atoms with E-state index in [0.717, 1.165) is 30.9 Å². The fourth-order valence-corrected chi connectivity index (χ4v) is 4.93. The number of fused-ring (bicyclic) bond motifs is 5. The maximum absolute atomic E-state index is 13.6. The summed E-state index contributed by atoms with van der Waals surface area (Å²) >= 11 is 0. The van der Waals surface area contributed by atoms with Crippen LogP contribution in [0, 0.1) is 17.5 Å². The minimum Gasteiger partial charge on any atom is -0.423 e. The summed E-state index contributed by atoms with van der Waals surface area (Å²) in [4.78, 5) is 36.7. The molecule has 0 heterocycles. The standard InChI is InChI=1S/C28H19F3O6/c1-2-23(32)35-18-7-5-14(6-8-18)27(33)36-21-9-10-22(25-16-4-3-15(11-16)24(21)25)37-28(34)17-12-19(29)26(31)20(30)13-17/h2,5-10,12-13,15-16H,1,3-4,11H2. The first kappa shape index (κ1) is 24.3. The van der Waals surface area contributed by atoms with Crippen LogP contribution < -0.4 is 14.2 Å². The molecule has 188 valence electrons. The molecule has 1 fully saturated rings. The summed E-state index contributed by atoms with van der Waals surface area (Å²) in [6, 6.07) is 9.94. The molecule has 3 aromatic rings. The van der Waals surface area contributed by atoms with E-state index in [9.17, 15) is 27.6 Å². The normalized spacial score (nSPS) is 17.2. The summed E-state index contributed by atoms with van der Waals surface area (Å²) < 4.78 is 56.6. The lowest BCUT2D eigenvalue weighted by molar-refractivity contribution is -0.128. The molecule has 0 spiro atoms. The Labute approximate surface area is 209 Å². The smallest absolute Gasteiger partial charge is 0.343 e. The molecule has 0 N–H and O–H groups in total. The highest BCUT2D eigenvalue weighted by atomic mass is 19.2. The van der Waals surface area contributed by atoms with Crippen LogP contribution in [-0.2, 0) is 4.79 Å². The van der Waals surface area contributed by atoms with E-state index in [2.05, 4.69) is 6.58 Å². The number of rotatable bonds is 6. The van der Waals surface area contributed by atoms with E-state index >= 15 is 0 Å². The van der Waals surface area contributed by atoms with Gasteiger partial charge in [0.2, 0.25) is 0 Å². The van der Waals surface area contributed by atoms with Crippen molar-refractivity contribution in [2.24, 2.45) is 0 Å². The van der Waals surface area contributed by atoms with Gasteiger partial charge in [0, 0.05) is 17.2 Å². The van der Waals surface area contributed by atoms with Gasteiger partial charge in [-0.1, -0.05) is 6.58 Å². The van der Waals surface area contributed by atoms with Crippen LogP contribution in [0.1, 0.15) is 62.9 Å². The third-order valence-corrected chi connectivity index (χ3v) is 6.56. The largest absolute Gasteiger partial charge is 0.423 e. The first-order valence-corrected chi connectivity index (χ1v) is 11.4. The number of esters is 3. The van der Waals surface area contributed by atoms with Crippen molar-refractivity contribution in [2.45, 2.75) is 31.1 Å². The zero-order valence-corrected chi connectivity index (χ0v) is 19.3. The van der Waals surface area contributed by atoms with Crippen molar-refractivity contribution in [1.29, 1.82) is 0 Å². The molecule has 37 heavy (non-hydrogen) atoms. The summed E-state index contributed by atoms with van der Waals surface area (Å²) in [6.07, 6.45) is 3.53. The fourth-order valence-electron chi connectivity index (χ4n) is 4.93. The molecule has 2 aliphatic rings. The molecule has 6 nitrogen and oxygen atoms in total.